The summed E-state index contributed by atoms with van der Waals surface area (Å²) in [5.41, 5.74) is 0. The van der Waals surface area contributed by atoms with Crippen molar-refractivity contribution in [2.75, 3.05) is 0 Å². The van der Waals surface area contributed by atoms with E-state index in [1.165, 1.54) is 83.5 Å². The third-order valence-electron chi connectivity index (χ3n) is 4.01. The lowest BCUT2D eigenvalue weighted by molar-refractivity contribution is -0.107. The van der Waals surface area contributed by atoms with Gasteiger partial charge in [0.2, 0.25) is 0 Å². The highest BCUT2D eigenvalue weighted by molar-refractivity contribution is 7.81. The molecule has 0 saturated carbocycles. The molecule has 0 aromatic rings. The third kappa shape index (κ3) is 16.1. The third-order valence-corrected chi connectivity index (χ3v) is 4.39. The molecule has 0 fully saturated rings. The van der Waals surface area contributed by atoms with Crippen molar-refractivity contribution in [3.8, 4) is 0 Å². The Morgan fingerprint density at radius 2 is 1.05 bits per heavy atom. The van der Waals surface area contributed by atoms with E-state index < -0.39 is 0 Å². The summed E-state index contributed by atoms with van der Waals surface area (Å²) in [5, 5.41) is -0.0349. The van der Waals surface area contributed by atoms with Crippen LogP contribution < -0.4 is 0 Å². The smallest absolute Gasteiger partial charge is 0.132 e. The van der Waals surface area contributed by atoms with Crippen molar-refractivity contribution < 1.29 is 4.79 Å². The summed E-state index contributed by atoms with van der Waals surface area (Å²) in [7, 11) is 0. The number of hydrogen-bond donors (Lipinski definition) is 1. The van der Waals surface area contributed by atoms with E-state index in [1.54, 1.807) is 0 Å². The topological polar surface area (TPSA) is 17.1 Å². The molecule has 20 heavy (non-hydrogen) atoms. The maximum Gasteiger partial charge on any atom is 0.132 e. The van der Waals surface area contributed by atoms with E-state index in [0.717, 1.165) is 19.1 Å². The fourth-order valence-corrected chi connectivity index (χ4v) is 2.80. The van der Waals surface area contributed by atoms with Gasteiger partial charge >= 0.3 is 0 Å². The first-order valence-electron chi connectivity index (χ1n) is 8.94. The van der Waals surface area contributed by atoms with Gasteiger partial charge in [0, 0.05) is 0 Å². The van der Waals surface area contributed by atoms with Crippen LogP contribution in [0.25, 0.3) is 0 Å². The van der Waals surface area contributed by atoms with Gasteiger partial charge in [-0.2, -0.15) is 12.6 Å². The molecule has 0 aromatic carbocycles. The Kier molecular flexibility index (Phi) is 17.1. The van der Waals surface area contributed by atoms with E-state index in [0.29, 0.717) is 0 Å². The molecule has 0 N–H and O–H groups in total. The first-order chi connectivity index (χ1) is 9.81. The van der Waals surface area contributed by atoms with Crippen LogP contribution in [0, 0.1) is 0 Å². The SMILES string of the molecule is CCCCCCCCCCCCCCCCC(S)C=O. The van der Waals surface area contributed by atoms with Gasteiger partial charge in [0.1, 0.15) is 6.29 Å². The van der Waals surface area contributed by atoms with Crippen LogP contribution in [0.2, 0.25) is 0 Å². The highest BCUT2D eigenvalue weighted by atomic mass is 32.1. The maximum absolute atomic E-state index is 10.4. The standard InChI is InChI=1S/C18H36OS/c1-2-3-4-5-6-7-8-9-10-11-12-13-14-15-16-18(20)17-19/h17-18,20H,2-16H2,1H3. The number of carbonyl (C=O) groups excluding carboxylic acids is 1. The van der Waals surface area contributed by atoms with Gasteiger partial charge in [0.05, 0.1) is 5.25 Å². The molecular weight excluding hydrogens is 264 g/mol. The summed E-state index contributed by atoms with van der Waals surface area (Å²) < 4.78 is 0. The maximum atomic E-state index is 10.4. The number of carbonyl (C=O) groups is 1. The van der Waals surface area contributed by atoms with Crippen molar-refractivity contribution in [1.82, 2.24) is 0 Å². The summed E-state index contributed by atoms with van der Waals surface area (Å²) >= 11 is 4.18. The molecule has 1 atom stereocenters. The van der Waals surface area contributed by atoms with Crippen molar-refractivity contribution in [3.05, 3.63) is 0 Å². The largest absolute Gasteiger partial charge is 0.302 e. The van der Waals surface area contributed by atoms with Crippen LogP contribution in [0.1, 0.15) is 103 Å². The molecule has 0 bridgehead atoms. The number of hydrogen-bond acceptors (Lipinski definition) is 2. The zero-order valence-corrected chi connectivity index (χ0v) is 14.5. The minimum Gasteiger partial charge on any atom is -0.302 e. The fourth-order valence-electron chi connectivity index (χ4n) is 2.62. The quantitative estimate of drug-likeness (QED) is 0.199. The summed E-state index contributed by atoms with van der Waals surface area (Å²) in [6.45, 7) is 2.28. The van der Waals surface area contributed by atoms with Gasteiger partial charge in [-0.05, 0) is 6.42 Å². The Morgan fingerprint density at radius 3 is 1.40 bits per heavy atom. The summed E-state index contributed by atoms with van der Waals surface area (Å²) in [4.78, 5) is 10.4. The Hall–Kier alpha value is 0.0200. The van der Waals surface area contributed by atoms with E-state index in [1.807, 2.05) is 0 Å². The van der Waals surface area contributed by atoms with Crippen molar-refractivity contribution in [2.24, 2.45) is 0 Å². The lowest BCUT2D eigenvalue weighted by atomic mass is 10.0. The number of aldehydes is 1. The summed E-state index contributed by atoms with van der Waals surface area (Å²) in [5.74, 6) is 0. The minimum absolute atomic E-state index is 0.0349. The van der Waals surface area contributed by atoms with Crippen LogP contribution in [0.5, 0.6) is 0 Å². The average molecular weight is 301 g/mol. The van der Waals surface area contributed by atoms with Crippen molar-refractivity contribution in [3.63, 3.8) is 0 Å². The molecule has 120 valence electrons. The van der Waals surface area contributed by atoms with Crippen molar-refractivity contribution in [2.45, 2.75) is 108 Å². The molecule has 2 heteroatoms. The first kappa shape index (κ1) is 20.0. The second-order valence-electron chi connectivity index (χ2n) is 6.09. The molecule has 0 aliphatic rings. The first-order valence-corrected chi connectivity index (χ1v) is 9.46. The van der Waals surface area contributed by atoms with Crippen LogP contribution in [0.15, 0.2) is 0 Å². The van der Waals surface area contributed by atoms with Crippen LogP contribution >= 0.6 is 12.6 Å². The molecular formula is C18H36OS. The van der Waals surface area contributed by atoms with Gasteiger partial charge in [0.25, 0.3) is 0 Å². The molecule has 1 unspecified atom stereocenters. The molecule has 0 radical (unpaired) electrons. The van der Waals surface area contributed by atoms with Gasteiger partial charge < -0.3 is 4.79 Å². The number of unbranched alkanes of at least 4 members (excludes halogenated alkanes) is 13. The molecule has 0 rings (SSSR count). The molecule has 0 aliphatic carbocycles. The molecule has 0 aliphatic heterocycles. The number of rotatable bonds is 16. The average Bonchev–Trinajstić information content (AvgIpc) is 2.47. The molecule has 0 amide bonds. The van der Waals surface area contributed by atoms with E-state index >= 15 is 0 Å². The number of thiol groups is 1. The van der Waals surface area contributed by atoms with Gasteiger partial charge in [-0.3, -0.25) is 0 Å². The molecule has 0 aromatic heterocycles. The summed E-state index contributed by atoms with van der Waals surface area (Å²) in [6.07, 6.45) is 21.2. The molecule has 0 saturated heterocycles. The van der Waals surface area contributed by atoms with Crippen LogP contribution in [-0.2, 0) is 4.79 Å². The van der Waals surface area contributed by atoms with Gasteiger partial charge in [-0.15, -0.1) is 0 Å². The van der Waals surface area contributed by atoms with Crippen molar-refractivity contribution >= 4 is 18.9 Å². The van der Waals surface area contributed by atoms with Gasteiger partial charge in [0.15, 0.2) is 0 Å². The Bertz CT molecular complexity index is 194. The normalized spacial score (nSPS) is 12.5. The van der Waals surface area contributed by atoms with Gasteiger partial charge in [-0.1, -0.05) is 96.8 Å². The van der Waals surface area contributed by atoms with E-state index in [2.05, 4.69) is 19.6 Å². The Balaban J connectivity index is 2.97. The zero-order chi connectivity index (χ0) is 14.9. The molecule has 0 heterocycles. The van der Waals surface area contributed by atoms with Crippen molar-refractivity contribution in [1.29, 1.82) is 0 Å². The Labute approximate surface area is 132 Å². The summed E-state index contributed by atoms with van der Waals surface area (Å²) in [6, 6.07) is 0. The minimum atomic E-state index is -0.0349. The predicted molar refractivity (Wildman–Crippen MR) is 93.8 cm³/mol. The van der Waals surface area contributed by atoms with Crippen LogP contribution in [-0.4, -0.2) is 11.5 Å². The van der Waals surface area contributed by atoms with Crippen LogP contribution in [0.3, 0.4) is 0 Å². The van der Waals surface area contributed by atoms with E-state index in [-0.39, 0.29) is 5.25 Å². The second-order valence-corrected chi connectivity index (χ2v) is 6.75. The predicted octanol–water partition coefficient (Wildman–Crippen LogP) is 6.36. The fraction of sp³-hybridized carbons (Fsp3) is 0.944. The molecule has 1 nitrogen and oxygen atoms in total. The van der Waals surface area contributed by atoms with E-state index in [4.69, 9.17) is 0 Å². The van der Waals surface area contributed by atoms with E-state index in [9.17, 15) is 4.79 Å². The lowest BCUT2D eigenvalue weighted by Crippen LogP contribution is -1.98. The molecule has 0 spiro atoms. The highest BCUT2D eigenvalue weighted by Gasteiger charge is 1.99. The highest BCUT2D eigenvalue weighted by Crippen LogP contribution is 2.14. The lowest BCUT2D eigenvalue weighted by Gasteiger charge is -2.04. The van der Waals surface area contributed by atoms with Gasteiger partial charge in [-0.25, -0.2) is 0 Å². The van der Waals surface area contributed by atoms with Crippen LogP contribution in [0.4, 0.5) is 0 Å². The zero-order valence-electron chi connectivity index (χ0n) is 13.6. The Morgan fingerprint density at radius 1 is 0.700 bits per heavy atom. The monoisotopic (exact) mass is 300 g/mol. The second kappa shape index (κ2) is 17.1.